The molecule has 11 heteroatoms. The van der Waals surface area contributed by atoms with Gasteiger partial charge in [0.25, 0.3) is 0 Å². The van der Waals surface area contributed by atoms with Crippen LogP contribution in [0.1, 0.15) is 13.8 Å². The van der Waals surface area contributed by atoms with Gasteiger partial charge in [-0.1, -0.05) is 0 Å². The van der Waals surface area contributed by atoms with Crippen LogP contribution >= 0.6 is 0 Å². The van der Waals surface area contributed by atoms with Crippen molar-refractivity contribution in [2.75, 3.05) is 13.2 Å². The van der Waals surface area contributed by atoms with Gasteiger partial charge < -0.3 is 37.0 Å². The monoisotopic (exact) mass is 334 g/mol. The first-order valence-electron chi connectivity index (χ1n) is 6.75. The zero-order chi connectivity index (χ0) is 18.2. The molecule has 0 spiro atoms. The van der Waals surface area contributed by atoms with E-state index in [1.54, 1.807) is 0 Å². The molecule has 0 radical (unpaired) electrons. The van der Waals surface area contributed by atoms with Crippen LogP contribution in [0.4, 0.5) is 0 Å². The van der Waals surface area contributed by atoms with Crippen molar-refractivity contribution in [3.05, 3.63) is 0 Å². The van der Waals surface area contributed by atoms with Crippen molar-refractivity contribution in [3.8, 4) is 0 Å². The number of amides is 3. The third kappa shape index (κ3) is 7.04. The van der Waals surface area contributed by atoms with E-state index in [1.165, 1.54) is 13.8 Å². The number of aliphatic carboxylic acids is 1. The summed E-state index contributed by atoms with van der Waals surface area (Å²) >= 11 is 0. The Hall–Kier alpha value is -2.24. The number of aliphatic hydroxyl groups excluding tert-OH is 2. The second-order valence-corrected chi connectivity index (χ2v) is 4.80. The average Bonchev–Trinajstić information content (AvgIpc) is 2.48. The smallest absolute Gasteiger partial charge is 0.325 e. The number of rotatable bonds is 9. The molecule has 0 bridgehead atoms. The molecule has 132 valence electrons. The van der Waals surface area contributed by atoms with Crippen molar-refractivity contribution in [1.82, 2.24) is 16.0 Å². The molecule has 0 saturated heterocycles. The van der Waals surface area contributed by atoms with E-state index < -0.39 is 61.1 Å². The van der Waals surface area contributed by atoms with Crippen LogP contribution in [-0.2, 0) is 19.2 Å². The van der Waals surface area contributed by atoms with Gasteiger partial charge in [-0.15, -0.1) is 0 Å². The van der Waals surface area contributed by atoms with E-state index in [9.17, 15) is 24.3 Å². The van der Waals surface area contributed by atoms with Crippen LogP contribution < -0.4 is 21.7 Å². The van der Waals surface area contributed by atoms with Gasteiger partial charge in [-0.2, -0.15) is 0 Å². The van der Waals surface area contributed by atoms with E-state index in [0.717, 1.165) is 0 Å². The van der Waals surface area contributed by atoms with Crippen LogP contribution in [0.25, 0.3) is 0 Å². The summed E-state index contributed by atoms with van der Waals surface area (Å²) in [7, 11) is 0. The molecule has 0 fully saturated rings. The zero-order valence-electron chi connectivity index (χ0n) is 12.8. The van der Waals surface area contributed by atoms with Gasteiger partial charge in [-0.05, 0) is 13.8 Å². The number of carboxylic acid groups (broad SMARTS) is 1. The van der Waals surface area contributed by atoms with Crippen LogP contribution in [0.2, 0.25) is 0 Å². The van der Waals surface area contributed by atoms with E-state index in [-0.39, 0.29) is 0 Å². The van der Waals surface area contributed by atoms with Crippen LogP contribution in [-0.4, -0.2) is 76.4 Å². The molecule has 0 aromatic carbocycles. The van der Waals surface area contributed by atoms with Crippen LogP contribution in [0.3, 0.4) is 0 Å². The maximum absolute atomic E-state index is 11.9. The average molecular weight is 334 g/mol. The maximum atomic E-state index is 11.9. The Balaban J connectivity index is 4.91. The number of aliphatic hydroxyl groups is 2. The highest BCUT2D eigenvalue weighted by Crippen LogP contribution is 1.97. The lowest BCUT2D eigenvalue weighted by atomic mass is 10.1. The normalized spacial score (nSPS) is 15.7. The summed E-state index contributed by atoms with van der Waals surface area (Å²) in [4.78, 5) is 45.7. The van der Waals surface area contributed by atoms with Gasteiger partial charge in [0.1, 0.15) is 18.1 Å². The topological polar surface area (TPSA) is 191 Å². The maximum Gasteiger partial charge on any atom is 0.325 e. The van der Waals surface area contributed by atoms with Gasteiger partial charge in [-0.25, -0.2) is 0 Å². The van der Waals surface area contributed by atoms with Gasteiger partial charge in [0.2, 0.25) is 17.7 Å². The van der Waals surface area contributed by atoms with Crippen molar-refractivity contribution in [1.29, 1.82) is 0 Å². The minimum absolute atomic E-state index is 0.403. The lowest BCUT2D eigenvalue weighted by Crippen LogP contribution is -2.59. The summed E-state index contributed by atoms with van der Waals surface area (Å²) < 4.78 is 0. The second kappa shape index (κ2) is 9.71. The number of carbonyl (C=O) groups excluding carboxylic acids is 3. The predicted octanol–water partition coefficient (Wildman–Crippen LogP) is -4.12. The van der Waals surface area contributed by atoms with E-state index in [0.29, 0.717) is 0 Å². The molecule has 0 saturated carbocycles. The Kier molecular flexibility index (Phi) is 8.77. The Bertz CT molecular complexity index is 455. The highest BCUT2D eigenvalue weighted by atomic mass is 16.4. The Morgan fingerprint density at radius 3 is 2.00 bits per heavy atom. The molecule has 8 N–H and O–H groups in total. The molecule has 3 amide bonds. The quantitative estimate of drug-likeness (QED) is 0.221. The van der Waals surface area contributed by atoms with Crippen molar-refractivity contribution in [3.63, 3.8) is 0 Å². The molecule has 0 aromatic rings. The number of carboxylic acids is 1. The van der Waals surface area contributed by atoms with E-state index in [1.807, 2.05) is 0 Å². The van der Waals surface area contributed by atoms with Crippen molar-refractivity contribution in [2.45, 2.75) is 38.1 Å². The van der Waals surface area contributed by atoms with Crippen molar-refractivity contribution in [2.24, 2.45) is 5.73 Å². The number of hydrogen-bond acceptors (Lipinski definition) is 7. The Morgan fingerprint density at radius 1 is 1.04 bits per heavy atom. The summed E-state index contributed by atoms with van der Waals surface area (Å²) in [5.41, 5.74) is 5.07. The fourth-order valence-electron chi connectivity index (χ4n) is 1.47. The first-order chi connectivity index (χ1) is 10.6. The molecule has 0 aliphatic heterocycles. The lowest BCUT2D eigenvalue weighted by molar-refractivity contribution is -0.142. The highest BCUT2D eigenvalue weighted by molar-refractivity contribution is 5.93. The number of carbonyl (C=O) groups is 4. The molecule has 0 aromatic heterocycles. The molecule has 0 aliphatic carbocycles. The predicted molar refractivity (Wildman–Crippen MR) is 76.9 cm³/mol. The van der Waals surface area contributed by atoms with E-state index in [2.05, 4.69) is 16.0 Å². The minimum atomic E-state index is -1.46. The molecule has 0 heterocycles. The summed E-state index contributed by atoms with van der Waals surface area (Å²) in [6.07, 6.45) is -1.34. The van der Waals surface area contributed by atoms with Crippen LogP contribution in [0, 0.1) is 0 Å². The molecule has 4 atom stereocenters. The van der Waals surface area contributed by atoms with Gasteiger partial charge in [0.15, 0.2) is 0 Å². The summed E-state index contributed by atoms with van der Waals surface area (Å²) in [6.45, 7) is 1.26. The highest BCUT2D eigenvalue weighted by Gasteiger charge is 2.30. The van der Waals surface area contributed by atoms with E-state index in [4.69, 9.17) is 15.9 Å². The van der Waals surface area contributed by atoms with Crippen LogP contribution in [0.5, 0.6) is 0 Å². The minimum Gasteiger partial charge on any atom is -0.480 e. The fourth-order valence-corrected chi connectivity index (χ4v) is 1.47. The lowest BCUT2D eigenvalue weighted by Gasteiger charge is -2.24. The summed E-state index contributed by atoms with van der Waals surface area (Å²) in [5, 5.41) is 33.7. The molecule has 0 rings (SSSR count). The molecule has 23 heavy (non-hydrogen) atoms. The molecule has 11 nitrogen and oxygen atoms in total. The van der Waals surface area contributed by atoms with Gasteiger partial charge in [0.05, 0.1) is 19.3 Å². The molecule has 0 aliphatic rings. The Labute approximate surface area is 132 Å². The number of nitrogens with one attached hydrogen (secondary N) is 3. The zero-order valence-corrected chi connectivity index (χ0v) is 12.8. The summed E-state index contributed by atoms with van der Waals surface area (Å²) in [5.74, 6) is -3.85. The third-order valence-electron chi connectivity index (χ3n) is 2.81. The first kappa shape index (κ1) is 20.8. The second-order valence-electron chi connectivity index (χ2n) is 4.80. The molecular formula is C12H22N4O7. The summed E-state index contributed by atoms with van der Waals surface area (Å²) in [6, 6.07) is -4.06. The SMILES string of the molecule is CC(NC(=O)C(NC(=O)C(CO)NC(=O)CN)C(C)O)C(=O)O. The van der Waals surface area contributed by atoms with Crippen molar-refractivity contribution >= 4 is 23.7 Å². The van der Waals surface area contributed by atoms with Crippen molar-refractivity contribution < 1.29 is 34.5 Å². The van der Waals surface area contributed by atoms with Crippen LogP contribution in [0.15, 0.2) is 0 Å². The fraction of sp³-hybridized carbons (Fsp3) is 0.667. The molecule has 4 unspecified atom stereocenters. The van der Waals surface area contributed by atoms with E-state index >= 15 is 0 Å². The number of hydrogen-bond donors (Lipinski definition) is 7. The third-order valence-corrected chi connectivity index (χ3v) is 2.81. The first-order valence-corrected chi connectivity index (χ1v) is 6.75. The standard InChI is InChI=1S/C12H22N4O7/c1-5(12(22)23)14-11(21)9(6(2)18)16-10(20)7(4-17)15-8(19)3-13/h5-7,9,17-18H,3-4,13H2,1-2H3,(H,14,21)(H,15,19)(H,16,20)(H,22,23). The van der Waals surface area contributed by atoms with Gasteiger partial charge in [0, 0.05) is 0 Å². The van der Waals surface area contributed by atoms with Gasteiger partial charge >= 0.3 is 5.97 Å². The Morgan fingerprint density at radius 2 is 1.61 bits per heavy atom. The molecular weight excluding hydrogens is 312 g/mol. The largest absolute Gasteiger partial charge is 0.480 e. The number of nitrogens with two attached hydrogens (primary N) is 1. The van der Waals surface area contributed by atoms with Gasteiger partial charge in [-0.3, -0.25) is 19.2 Å².